The Balaban J connectivity index is 1.86. The molecule has 0 saturated carbocycles. The first kappa shape index (κ1) is 12.3. The molecule has 0 bridgehead atoms. The van der Waals surface area contributed by atoms with Gasteiger partial charge in [0.15, 0.2) is 5.52 Å². The monoisotopic (exact) mass is 276 g/mol. The molecule has 5 nitrogen and oxygen atoms in total. The van der Waals surface area contributed by atoms with E-state index in [1.165, 1.54) is 0 Å². The summed E-state index contributed by atoms with van der Waals surface area (Å²) >= 11 is 0. The maximum Gasteiger partial charge on any atom is 0.160 e. The number of halogens is 2. The van der Waals surface area contributed by atoms with Gasteiger partial charge in [-0.05, 0) is 40.6 Å². The lowest BCUT2D eigenvalue weighted by atomic mass is 10.2. The fourth-order valence-corrected chi connectivity index (χ4v) is 1.89. The molecule has 0 aliphatic rings. The van der Waals surface area contributed by atoms with Crippen LogP contribution in [0.4, 0.5) is 20.2 Å². The normalized spacial score (nSPS) is 10.9. The summed E-state index contributed by atoms with van der Waals surface area (Å²) in [6.07, 6.45) is 0. The summed E-state index contributed by atoms with van der Waals surface area (Å²) in [7, 11) is 0. The van der Waals surface area contributed by atoms with Crippen LogP contribution in [0.2, 0.25) is 0 Å². The highest BCUT2D eigenvalue weighted by atomic mass is 19.1. The van der Waals surface area contributed by atoms with Crippen LogP contribution in [0.1, 0.15) is 5.56 Å². The zero-order chi connectivity index (χ0) is 14.1. The second kappa shape index (κ2) is 4.76. The molecule has 102 valence electrons. The summed E-state index contributed by atoms with van der Waals surface area (Å²) in [6, 6.07) is 6.64. The molecule has 0 spiro atoms. The Morgan fingerprint density at radius 1 is 1.15 bits per heavy atom. The summed E-state index contributed by atoms with van der Waals surface area (Å²) in [5.41, 5.74) is 7.97. The minimum Gasteiger partial charge on any atom is -0.395 e. The Morgan fingerprint density at radius 2 is 2.00 bits per heavy atom. The highest BCUT2D eigenvalue weighted by Crippen LogP contribution is 2.26. The Kier molecular flexibility index (Phi) is 2.94. The standard InChI is InChI=1S/C13H10F2N4O/c14-8-1-2-9(15)7(5-8)6-17-10-3-4-11-13(12(10)16)19-20-18-11/h1-5,17H,6,16H2. The zero-order valence-electron chi connectivity index (χ0n) is 10.2. The number of aromatic nitrogens is 2. The number of nitrogen functional groups attached to an aromatic ring is 1. The van der Waals surface area contributed by atoms with Gasteiger partial charge in [-0.2, -0.15) is 0 Å². The third kappa shape index (κ3) is 2.13. The second-order valence-electron chi connectivity index (χ2n) is 4.25. The Morgan fingerprint density at radius 3 is 2.85 bits per heavy atom. The topological polar surface area (TPSA) is 77.0 Å². The van der Waals surface area contributed by atoms with E-state index in [4.69, 9.17) is 5.73 Å². The van der Waals surface area contributed by atoms with Crippen molar-refractivity contribution in [2.45, 2.75) is 6.54 Å². The molecular weight excluding hydrogens is 266 g/mol. The Bertz CT molecular complexity index is 772. The fraction of sp³-hybridized carbons (Fsp3) is 0.0769. The third-order valence-electron chi connectivity index (χ3n) is 2.94. The zero-order valence-corrected chi connectivity index (χ0v) is 10.2. The quantitative estimate of drug-likeness (QED) is 0.719. The van der Waals surface area contributed by atoms with E-state index in [1.807, 2.05) is 0 Å². The maximum atomic E-state index is 13.5. The van der Waals surface area contributed by atoms with Gasteiger partial charge in [-0.3, -0.25) is 0 Å². The number of nitrogens with zero attached hydrogens (tertiary/aromatic N) is 2. The molecule has 20 heavy (non-hydrogen) atoms. The van der Waals surface area contributed by atoms with E-state index in [1.54, 1.807) is 12.1 Å². The molecule has 0 aliphatic carbocycles. The summed E-state index contributed by atoms with van der Waals surface area (Å²) in [5, 5.41) is 10.3. The molecule has 2 aromatic carbocycles. The fourth-order valence-electron chi connectivity index (χ4n) is 1.89. The molecule has 0 unspecified atom stereocenters. The lowest BCUT2D eigenvalue weighted by Gasteiger charge is -2.09. The number of fused-ring (bicyclic) bond motifs is 1. The first-order valence-electron chi connectivity index (χ1n) is 5.83. The summed E-state index contributed by atoms with van der Waals surface area (Å²) in [6.45, 7) is 0.102. The molecule has 0 amide bonds. The van der Waals surface area contributed by atoms with E-state index in [2.05, 4.69) is 20.3 Å². The van der Waals surface area contributed by atoms with Gasteiger partial charge < -0.3 is 11.1 Å². The van der Waals surface area contributed by atoms with Gasteiger partial charge in [0, 0.05) is 12.1 Å². The van der Waals surface area contributed by atoms with Gasteiger partial charge >= 0.3 is 0 Å². The van der Waals surface area contributed by atoms with E-state index < -0.39 is 11.6 Å². The van der Waals surface area contributed by atoms with E-state index in [-0.39, 0.29) is 12.1 Å². The minimum atomic E-state index is -0.493. The SMILES string of the molecule is Nc1c(NCc2cc(F)ccc2F)ccc2nonc12. The maximum absolute atomic E-state index is 13.5. The van der Waals surface area contributed by atoms with Crippen molar-refractivity contribution in [3.63, 3.8) is 0 Å². The first-order valence-corrected chi connectivity index (χ1v) is 5.83. The lowest BCUT2D eigenvalue weighted by Crippen LogP contribution is -2.05. The highest BCUT2D eigenvalue weighted by Gasteiger charge is 2.10. The molecule has 1 heterocycles. The van der Waals surface area contributed by atoms with Crippen LogP contribution in [0, 0.1) is 11.6 Å². The number of anilines is 2. The third-order valence-corrected chi connectivity index (χ3v) is 2.94. The van der Waals surface area contributed by atoms with E-state index >= 15 is 0 Å². The van der Waals surface area contributed by atoms with Crippen molar-refractivity contribution in [2.75, 3.05) is 11.1 Å². The number of rotatable bonds is 3. The Labute approximate surface area is 112 Å². The average molecular weight is 276 g/mol. The molecule has 0 aliphatic heterocycles. The van der Waals surface area contributed by atoms with Gasteiger partial charge in [0.2, 0.25) is 0 Å². The van der Waals surface area contributed by atoms with Crippen LogP contribution in [0.15, 0.2) is 35.0 Å². The van der Waals surface area contributed by atoms with Gasteiger partial charge in [-0.1, -0.05) is 0 Å². The van der Waals surface area contributed by atoms with Crippen LogP contribution in [0.3, 0.4) is 0 Å². The summed E-state index contributed by atoms with van der Waals surface area (Å²) < 4.78 is 31.2. The molecule has 0 radical (unpaired) electrons. The number of nitrogens with two attached hydrogens (primary N) is 1. The number of hydrogen-bond acceptors (Lipinski definition) is 5. The Hall–Kier alpha value is -2.70. The highest BCUT2D eigenvalue weighted by molar-refractivity contribution is 5.93. The average Bonchev–Trinajstić information content (AvgIpc) is 2.91. The van der Waals surface area contributed by atoms with Crippen LogP contribution in [-0.2, 0) is 6.54 Å². The predicted molar refractivity (Wildman–Crippen MR) is 69.9 cm³/mol. The molecule has 1 aromatic heterocycles. The minimum absolute atomic E-state index is 0.102. The molecule has 3 aromatic rings. The summed E-state index contributed by atoms with van der Waals surface area (Å²) in [4.78, 5) is 0. The molecular formula is C13H10F2N4O. The van der Waals surface area contributed by atoms with Crippen LogP contribution in [0.5, 0.6) is 0 Å². The van der Waals surface area contributed by atoms with Crippen LogP contribution in [0.25, 0.3) is 11.0 Å². The summed E-state index contributed by atoms with van der Waals surface area (Å²) in [5.74, 6) is -0.978. The molecule has 0 fully saturated rings. The van der Waals surface area contributed by atoms with Gasteiger partial charge in [0.25, 0.3) is 0 Å². The van der Waals surface area contributed by atoms with Gasteiger partial charge in [-0.25, -0.2) is 13.4 Å². The number of benzene rings is 2. The van der Waals surface area contributed by atoms with Crippen LogP contribution >= 0.6 is 0 Å². The molecule has 0 saturated heterocycles. The second-order valence-corrected chi connectivity index (χ2v) is 4.25. The van der Waals surface area contributed by atoms with Crippen molar-refractivity contribution in [1.82, 2.24) is 10.3 Å². The smallest absolute Gasteiger partial charge is 0.160 e. The van der Waals surface area contributed by atoms with Gasteiger partial charge in [0.05, 0.1) is 11.4 Å². The molecule has 0 atom stereocenters. The van der Waals surface area contributed by atoms with E-state index in [0.717, 1.165) is 18.2 Å². The van der Waals surface area contributed by atoms with E-state index in [0.29, 0.717) is 22.4 Å². The van der Waals surface area contributed by atoms with Gasteiger partial charge in [-0.15, -0.1) is 0 Å². The van der Waals surface area contributed by atoms with Crippen molar-refractivity contribution in [3.05, 3.63) is 47.5 Å². The van der Waals surface area contributed by atoms with Gasteiger partial charge in [0.1, 0.15) is 17.2 Å². The van der Waals surface area contributed by atoms with Crippen molar-refractivity contribution >= 4 is 22.4 Å². The van der Waals surface area contributed by atoms with Crippen LogP contribution in [-0.4, -0.2) is 10.3 Å². The van der Waals surface area contributed by atoms with Crippen molar-refractivity contribution < 1.29 is 13.4 Å². The lowest BCUT2D eigenvalue weighted by molar-refractivity contribution is 0.315. The van der Waals surface area contributed by atoms with Crippen LogP contribution < -0.4 is 11.1 Å². The van der Waals surface area contributed by atoms with Crippen molar-refractivity contribution in [3.8, 4) is 0 Å². The number of nitrogens with one attached hydrogen (secondary N) is 1. The number of hydrogen-bond donors (Lipinski definition) is 2. The molecule has 3 N–H and O–H groups in total. The van der Waals surface area contributed by atoms with E-state index in [9.17, 15) is 8.78 Å². The van der Waals surface area contributed by atoms with Crippen molar-refractivity contribution in [1.29, 1.82) is 0 Å². The molecule has 7 heteroatoms. The molecule has 3 rings (SSSR count). The first-order chi connectivity index (χ1) is 9.65. The largest absolute Gasteiger partial charge is 0.395 e. The predicted octanol–water partition coefficient (Wildman–Crippen LogP) is 2.70. The van der Waals surface area contributed by atoms with Crippen molar-refractivity contribution in [2.24, 2.45) is 0 Å².